The molecule has 0 aromatic heterocycles. The van der Waals surface area contributed by atoms with Gasteiger partial charge < -0.3 is 24.8 Å². The molecule has 2 saturated heterocycles. The van der Waals surface area contributed by atoms with Crippen molar-refractivity contribution >= 4 is 27.5 Å². The highest BCUT2D eigenvalue weighted by Gasteiger charge is 2.28. The molecule has 2 aromatic rings. The highest BCUT2D eigenvalue weighted by atomic mass is 32.2. The molecule has 1 atom stereocenters. The van der Waals surface area contributed by atoms with Crippen LogP contribution in [-0.2, 0) is 24.3 Å². The van der Waals surface area contributed by atoms with E-state index in [1.165, 1.54) is 49.6 Å². The number of rotatable bonds is 10. The Bertz CT molecular complexity index is 1240. The normalized spacial score (nSPS) is 17.8. The number of carbonyl (C=O) groups excluding carboxylic acids is 2. The lowest BCUT2D eigenvalue weighted by molar-refractivity contribution is -0.118. The van der Waals surface area contributed by atoms with Crippen molar-refractivity contribution in [2.24, 2.45) is 5.92 Å². The molecule has 0 spiro atoms. The van der Waals surface area contributed by atoms with Crippen molar-refractivity contribution in [1.82, 2.24) is 10.0 Å². The summed E-state index contributed by atoms with van der Waals surface area (Å²) in [6.07, 6.45) is 3.07. The minimum Gasteiger partial charge on any atom is -0.495 e. The quantitative estimate of drug-likeness (QED) is 0.405. The first kappa shape index (κ1) is 28.9. The van der Waals surface area contributed by atoms with Crippen molar-refractivity contribution in [1.29, 1.82) is 0 Å². The maximum absolute atomic E-state index is 13.4. The maximum atomic E-state index is 13.4. The Labute approximate surface area is 227 Å². The first-order chi connectivity index (χ1) is 18.7. The molecule has 2 fully saturated rings. The van der Waals surface area contributed by atoms with Crippen LogP contribution in [0.2, 0.25) is 0 Å². The molecule has 3 N–H and O–H groups in total. The van der Waals surface area contributed by atoms with E-state index in [2.05, 4.69) is 15.4 Å². The summed E-state index contributed by atoms with van der Waals surface area (Å²) < 4.78 is 58.1. The predicted molar refractivity (Wildman–Crippen MR) is 142 cm³/mol. The number of anilines is 1. The molecule has 2 heterocycles. The van der Waals surface area contributed by atoms with Crippen molar-refractivity contribution in [2.75, 3.05) is 38.9 Å². The summed E-state index contributed by atoms with van der Waals surface area (Å²) in [5.41, 5.74) is 0.546. The van der Waals surface area contributed by atoms with E-state index in [-0.39, 0.29) is 28.2 Å². The van der Waals surface area contributed by atoms with Crippen LogP contribution in [0.25, 0.3) is 0 Å². The smallest absolute Gasteiger partial charge is 0.251 e. The van der Waals surface area contributed by atoms with Crippen molar-refractivity contribution < 1.29 is 36.6 Å². The SMILES string of the molecule is COc1cc(NC(=O)[C@H](CC2CCOCC2)NC(=O)c2ccc(F)cc2)ccc1S(=O)(=O)NC1CCOCC1. The zero-order chi connectivity index (χ0) is 27.8. The number of sulfonamides is 1. The molecule has 0 unspecified atom stereocenters. The molecule has 0 radical (unpaired) electrons. The number of benzene rings is 2. The van der Waals surface area contributed by atoms with Gasteiger partial charge in [0.05, 0.1) is 7.11 Å². The second kappa shape index (κ2) is 13.3. The number of hydrogen-bond acceptors (Lipinski definition) is 7. The molecule has 4 rings (SSSR count). The van der Waals surface area contributed by atoms with E-state index < -0.39 is 33.7 Å². The molecule has 2 amide bonds. The van der Waals surface area contributed by atoms with Crippen molar-refractivity contribution in [3.05, 3.63) is 53.8 Å². The summed E-state index contributed by atoms with van der Waals surface area (Å²) in [6, 6.07) is 8.25. The summed E-state index contributed by atoms with van der Waals surface area (Å²) in [7, 11) is -2.52. The number of carbonyl (C=O) groups is 2. The third kappa shape index (κ3) is 7.98. The third-order valence-corrected chi connectivity index (χ3v) is 8.46. The monoisotopic (exact) mass is 563 g/mol. The van der Waals surface area contributed by atoms with Crippen LogP contribution in [0.5, 0.6) is 5.75 Å². The minimum absolute atomic E-state index is 0.0436. The van der Waals surface area contributed by atoms with Gasteiger partial charge in [0, 0.05) is 49.8 Å². The lowest BCUT2D eigenvalue weighted by atomic mass is 9.92. The Balaban J connectivity index is 1.49. The molecule has 10 nitrogen and oxygen atoms in total. The largest absolute Gasteiger partial charge is 0.495 e. The zero-order valence-electron chi connectivity index (χ0n) is 21.8. The Morgan fingerprint density at radius 2 is 1.64 bits per heavy atom. The Kier molecular flexibility index (Phi) is 9.89. The summed E-state index contributed by atoms with van der Waals surface area (Å²) in [5, 5.41) is 5.54. The van der Waals surface area contributed by atoms with E-state index in [1.807, 2.05) is 0 Å². The minimum atomic E-state index is -3.87. The lowest BCUT2D eigenvalue weighted by Crippen LogP contribution is -2.45. The van der Waals surface area contributed by atoms with Crippen molar-refractivity contribution in [3.63, 3.8) is 0 Å². The standard InChI is InChI=1S/C27H34FN3O7S/c1-36-24-17-22(6-7-25(24)39(34,35)31-21-10-14-38-15-11-21)29-27(33)23(16-18-8-12-37-13-9-18)30-26(32)19-2-4-20(28)5-3-19/h2-7,17-18,21,23,31H,8-16H2,1H3,(H,29,33)(H,30,32)/t23-/m0/s1. The fourth-order valence-corrected chi connectivity index (χ4v) is 6.14. The zero-order valence-corrected chi connectivity index (χ0v) is 22.6. The molecule has 2 aromatic carbocycles. The molecule has 0 aliphatic carbocycles. The fraction of sp³-hybridized carbons (Fsp3) is 0.481. The van der Waals surface area contributed by atoms with Crippen LogP contribution in [-0.4, -0.2) is 65.9 Å². The summed E-state index contributed by atoms with van der Waals surface area (Å²) in [6.45, 7) is 2.14. The molecule has 0 bridgehead atoms. The maximum Gasteiger partial charge on any atom is 0.251 e. The van der Waals surface area contributed by atoms with Crippen LogP contribution in [0.3, 0.4) is 0 Å². The molecule has 2 aliphatic heterocycles. The molecule has 2 aliphatic rings. The molecule has 12 heteroatoms. The van der Waals surface area contributed by atoms with Gasteiger partial charge in [-0.15, -0.1) is 0 Å². The van der Waals surface area contributed by atoms with Gasteiger partial charge >= 0.3 is 0 Å². The number of halogens is 1. The number of nitrogens with one attached hydrogen (secondary N) is 3. The lowest BCUT2D eigenvalue weighted by Gasteiger charge is -2.27. The van der Waals surface area contributed by atoms with Gasteiger partial charge in [0.25, 0.3) is 5.91 Å². The number of hydrogen-bond donors (Lipinski definition) is 3. The van der Waals surface area contributed by atoms with E-state index in [1.54, 1.807) is 0 Å². The molecule has 0 saturated carbocycles. The van der Waals surface area contributed by atoms with E-state index >= 15 is 0 Å². The van der Waals surface area contributed by atoms with Crippen LogP contribution >= 0.6 is 0 Å². The summed E-state index contributed by atoms with van der Waals surface area (Å²) in [5.74, 6) is -1.19. The average molecular weight is 564 g/mol. The van der Waals surface area contributed by atoms with Gasteiger partial charge in [0.1, 0.15) is 22.5 Å². The predicted octanol–water partition coefficient (Wildman–Crippen LogP) is 2.85. The van der Waals surface area contributed by atoms with E-state index in [0.717, 1.165) is 12.8 Å². The highest BCUT2D eigenvalue weighted by Crippen LogP contribution is 2.29. The van der Waals surface area contributed by atoms with Crippen LogP contribution < -0.4 is 20.1 Å². The topological polar surface area (TPSA) is 132 Å². The number of ether oxygens (including phenoxy) is 3. The van der Waals surface area contributed by atoms with Crippen LogP contribution in [0.1, 0.15) is 42.5 Å². The Hall–Kier alpha value is -3.06. The first-order valence-electron chi connectivity index (χ1n) is 13.0. The molecule has 39 heavy (non-hydrogen) atoms. The average Bonchev–Trinajstić information content (AvgIpc) is 2.93. The van der Waals surface area contributed by atoms with E-state index in [9.17, 15) is 22.4 Å². The van der Waals surface area contributed by atoms with Gasteiger partial charge in [-0.05, 0) is 74.4 Å². The van der Waals surface area contributed by atoms with Gasteiger partial charge in [-0.1, -0.05) is 0 Å². The Morgan fingerprint density at radius 1 is 1.00 bits per heavy atom. The van der Waals surface area contributed by atoms with Crippen LogP contribution in [0.4, 0.5) is 10.1 Å². The van der Waals surface area contributed by atoms with E-state index in [4.69, 9.17) is 14.2 Å². The number of methoxy groups -OCH3 is 1. The van der Waals surface area contributed by atoms with Gasteiger partial charge in [0.2, 0.25) is 15.9 Å². The van der Waals surface area contributed by atoms with Gasteiger partial charge in [-0.2, -0.15) is 0 Å². The molecular formula is C27H34FN3O7S. The summed E-state index contributed by atoms with van der Waals surface area (Å²) in [4.78, 5) is 26.2. The van der Waals surface area contributed by atoms with Crippen molar-refractivity contribution in [2.45, 2.75) is 49.1 Å². The molecule has 212 valence electrons. The van der Waals surface area contributed by atoms with Crippen LogP contribution in [0, 0.1) is 11.7 Å². The second-order valence-electron chi connectivity index (χ2n) is 9.69. The van der Waals surface area contributed by atoms with Crippen LogP contribution in [0.15, 0.2) is 47.4 Å². The highest BCUT2D eigenvalue weighted by molar-refractivity contribution is 7.89. The fourth-order valence-electron chi connectivity index (χ4n) is 4.68. The molecular weight excluding hydrogens is 529 g/mol. The first-order valence-corrected chi connectivity index (χ1v) is 14.5. The van der Waals surface area contributed by atoms with Crippen molar-refractivity contribution in [3.8, 4) is 5.75 Å². The third-order valence-electron chi connectivity index (χ3n) is 6.90. The summed E-state index contributed by atoms with van der Waals surface area (Å²) >= 11 is 0. The van der Waals surface area contributed by atoms with Gasteiger partial charge in [0.15, 0.2) is 0 Å². The van der Waals surface area contributed by atoms with E-state index in [0.29, 0.717) is 51.4 Å². The van der Waals surface area contributed by atoms with Gasteiger partial charge in [-0.25, -0.2) is 17.5 Å². The van der Waals surface area contributed by atoms with Gasteiger partial charge in [-0.3, -0.25) is 9.59 Å². The Morgan fingerprint density at radius 3 is 2.28 bits per heavy atom. The second-order valence-corrected chi connectivity index (χ2v) is 11.4. The number of amides is 2.